The van der Waals surface area contributed by atoms with E-state index in [2.05, 4.69) is 16.0 Å². The van der Waals surface area contributed by atoms with Gasteiger partial charge < -0.3 is 29.4 Å². The monoisotopic (exact) mass is 492 g/mol. The molecule has 3 heterocycles. The van der Waals surface area contributed by atoms with E-state index in [1.807, 2.05) is 0 Å². The molecule has 5 amide bonds. The number of benzene rings is 2. The predicted molar refractivity (Wildman–Crippen MR) is 126 cm³/mol. The van der Waals surface area contributed by atoms with Crippen molar-refractivity contribution in [1.29, 1.82) is 0 Å². The Morgan fingerprint density at radius 3 is 2.72 bits per heavy atom. The van der Waals surface area contributed by atoms with Crippen molar-refractivity contribution in [2.45, 2.75) is 25.6 Å². The molecule has 0 bridgehead atoms. The van der Waals surface area contributed by atoms with E-state index in [4.69, 9.17) is 13.9 Å². The van der Waals surface area contributed by atoms with Gasteiger partial charge in [-0.3, -0.25) is 14.9 Å². The van der Waals surface area contributed by atoms with E-state index in [1.54, 1.807) is 49.4 Å². The van der Waals surface area contributed by atoms with Crippen LogP contribution < -0.4 is 20.7 Å². The first kappa shape index (κ1) is 23.2. The summed E-state index contributed by atoms with van der Waals surface area (Å²) in [6.45, 7) is 2.37. The van der Waals surface area contributed by atoms with E-state index < -0.39 is 23.6 Å². The van der Waals surface area contributed by atoms with Gasteiger partial charge in [0.2, 0.25) is 0 Å². The Morgan fingerprint density at radius 2 is 2.00 bits per heavy atom. The number of nitrogens with one attached hydrogen (secondary N) is 3. The van der Waals surface area contributed by atoms with Crippen LogP contribution >= 0.6 is 0 Å². The minimum Gasteiger partial charge on any atom is -0.497 e. The van der Waals surface area contributed by atoms with Gasteiger partial charge in [-0.25, -0.2) is 9.59 Å². The van der Waals surface area contributed by atoms with Crippen LogP contribution in [0.3, 0.4) is 0 Å². The fraction of sp³-hybridized carbons (Fsp3) is 0.280. The number of nitrogens with zero attached hydrogens (tertiary/aromatic N) is 1. The smallest absolute Gasteiger partial charge is 0.407 e. The number of imide groups is 1. The second-order valence-corrected chi connectivity index (χ2v) is 8.55. The zero-order chi connectivity index (χ0) is 25.4. The number of alkyl carbamates (subject to hydrolysis) is 1. The largest absolute Gasteiger partial charge is 0.497 e. The molecule has 0 aliphatic carbocycles. The van der Waals surface area contributed by atoms with Crippen molar-refractivity contribution in [2.24, 2.45) is 0 Å². The minimum atomic E-state index is -1.61. The molecule has 3 aromatic rings. The number of furan rings is 1. The topological polar surface area (TPSA) is 139 Å². The maximum Gasteiger partial charge on any atom is 0.407 e. The molecule has 186 valence electrons. The van der Waals surface area contributed by atoms with Gasteiger partial charge in [-0.15, -0.1) is 0 Å². The third-order valence-corrected chi connectivity index (χ3v) is 6.28. The van der Waals surface area contributed by atoms with Crippen molar-refractivity contribution >= 4 is 34.9 Å². The van der Waals surface area contributed by atoms with Gasteiger partial charge >= 0.3 is 12.1 Å². The van der Waals surface area contributed by atoms with Crippen LogP contribution in [-0.2, 0) is 28.2 Å². The Balaban J connectivity index is 1.44. The molecule has 11 nitrogen and oxygen atoms in total. The molecule has 2 aliphatic heterocycles. The molecule has 1 atom stereocenters. The average molecular weight is 492 g/mol. The maximum atomic E-state index is 13.2. The summed E-state index contributed by atoms with van der Waals surface area (Å²) in [6, 6.07) is 11.5. The van der Waals surface area contributed by atoms with Gasteiger partial charge in [-0.2, -0.15) is 0 Å². The Morgan fingerprint density at radius 1 is 1.17 bits per heavy atom. The molecule has 1 aromatic heterocycles. The van der Waals surface area contributed by atoms with Crippen molar-refractivity contribution < 1.29 is 33.1 Å². The van der Waals surface area contributed by atoms with Gasteiger partial charge in [0.25, 0.3) is 11.8 Å². The molecule has 11 heteroatoms. The number of hydrogen-bond acceptors (Lipinski definition) is 7. The van der Waals surface area contributed by atoms with Crippen LogP contribution in [0.1, 0.15) is 34.2 Å². The first-order valence-corrected chi connectivity index (χ1v) is 11.4. The Kier molecular flexibility index (Phi) is 5.75. The van der Waals surface area contributed by atoms with E-state index in [0.29, 0.717) is 22.3 Å². The summed E-state index contributed by atoms with van der Waals surface area (Å²) in [5, 5.41) is 8.26. The first-order valence-electron chi connectivity index (χ1n) is 11.4. The molecule has 3 N–H and O–H groups in total. The summed E-state index contributed by atoms with van der Waals surface area (Å²) >= 11 is 0. The van der Waals surface area contributed by atoms with Crippen LogP contribution in [0.25, 0.3) is 11.0 Å². The number of fused-ring (bicyclic) bond motifs is 2. The van der Waals surface area contributed by atoms with Gasteiger partial charge in [0.15, 0.2) is 5.54 Å². The number of carbonyl (C=O) groups is 4. The van der Waals surface area contributed by atoms with E-state index in [1.165, 1.54) is 12.0 Å². The maximum absolute atomic E-state index is 13.2. The highest BCUT2D eigenvalue weighted by Gasteiger charge is 2.53. The molecule has 5 rings (SSSR count). The SMILES string of the molecule is CCOC(=O)NCc1ccc2oc([C@]3(CN4Cc5ccc(OC)cc5C4=O)NC(=O)NC3=O)cc2c1. The lowest BCUT2D eigenvalue weighted by Crippen LogP contribution is -2.52. The molecule has 2 aliphatic rings. The van der Waals surface area contributed by atoms with Crippen molar-refractivity contribution in [2.75, 3.05) is 20.3 Å². The lowest BCUT2D eigenvalue weighted by Gasteiger charge is -2.29. The lowest BCUT2D eigenvalue weighted by molar-refractivity contribution is -0.125. The highest BCUT2D eigenvalue weighted by Crippen LogP contribution is 2.35. The van der Waals surface area contributed by atoms with Crippen LogP contribution in [-0.4, -0.2) is 49.1 Å². The number of urea groups is 1. The summed E-state index contributed by atoms with van der Waals surface area (Å²) in [5.41, 5.74) is 0.942. The first-order chi connectivity index (χ1) is 17.3. The van der Waals surface area contributed by atoms with Gasteiger partial charge in [-0.1, -0.05) is 12.1 Å². The number of amides is 5. The Hall–Kier alpha value is -4.54. The van der Waals surface area contributed by atoms with Gasteiger partial charge in [0.1, 0.15) is 17.1 Å². The van der Waals surface area contributed by atoms with E-state index >= 15 is 0 Å². The van der Waals surface area contributed by atoms with Crippen LogP contribution in [0.15, 0.2) is 46.9 Å². The summed E-state index contributed by atoms with van der Waals surface area (Å²) < 4.78 is 16.1. The molecular weight excluding hydrogens is 468 g/mol. The molecule has 0 saturated carbocycles. The lowest BCUT2D eigenvalue weighted by atomic mass is 9.95. The quantitative estimate of drug-likeness (QED) is 0.430. The average Bonchev–Trinajstić information content (AvgIpc) is 3.51. The van der Waals surface area contributed by atoms with Crippen molar-refractivity contribution in [3.05, 3.63) is 64.9 Å². The molecular formula is C25H24N4O7. The van der Waals surface area contributed by atoms with E-state index in [9.17, 15) is 19.2 Å². The molecule has 36 heavy (non-hydrogen) atoms. The third kappa shape index (κ3) is 3.98. The highest BCUT2D eigenvalue weighted by atomic mass is 16.5. The highest BCUT2D eigenvalue weighted by molar-refractivity contribution is 6.08. The predicted octanol–water partition coefficient (Wildman–Crippen LogP) is 2.38. The van der Waals surface area contributed by atoms with Gasteiger partial charge in [0.05, 0.1) is 20.3 Å². The van der Waals surface area contributed by atoms with Gasteiger partial charge in [0, 0.05) is 24.0 Å². The fourth-order valence-electron chi connectivity index (χ4n) is 4.51. The summed E-state index contributed by atoms with van der Waals surface area (Å²) in [5.74, 6) is -0.147. The number of rotatable bonds is 7. The Bertz CT molecular complexity index is 1400. The zero-order valence-electron chi connectivity index (χ0n) is 19.7. The van der Waals surface area contributed by atoms with Crippen molar-refractivity contribution in [3.8, 4) is 5.75 Å². The second-order valence-electron chi connectivity index (χ2n) is 8.55. The minimum absolute atomic E-state index is 0.127. The molecule has 0 spiro atoms. The molecule has 0 unspecified atom stereocenters. The summed E-state index contributed by atoms with van der Waals surface area (Å²) in [4.78, 5) is 51.6. The number of hydrogen-bond donors (Lipinski definition) is 3. The van der Waals surface area contributed by atoms with Crippen LogP contribution in [0.4, 0.5) is 9.59 Å². The standard InChI is InChI=1S/C25H24N4O7/c1-3-35-24(33)26-11-14-4-7-19-16(8-14)9-20(36-19)25(22(31)27-23(32)28-25)13-29-12-15-5-6-17(34-2)10-18(15)21(29)30/h4-10H,3,11-13H2,1-2H3,(H,26,33)(H2,27,28,31,32)/t25-/m0/s1. The van der Waals surface area contributed by atoms with Crippen molar-refractivity contribution in [1.82, 2.24) is 20.9 Å². The number of carbonyl (C=O) groups excluding carboxylic acids is 4. The van der Waals surface area contributed by atoms with Crippen LogP contribution in [0.5, 0.6) is 5.75 Å². The molecule has 1 fully saturated rings. The van der Waals surface area contributed by atoms with Gasteiger partial charge in [-0.05, 0) is 48.4 Å². The fourth-order valence-corrected chi connectivity index (χ4v) is 4.51. The summed E-state index contributed by atoms with van der Waals surface area (Å²) in [6.07, 6.45) is -0.524. The Labute approximate surface area is 205 Å². The molecule has 1 saturated heterocycles. The van der Waals surface area contributed by atoms with Crippen molar-refractivity contribution in [3.63, 3.8) is 0 Å². The van der Waals surface area contributed by atoms with Crippen LogP contribution in [0, 0.1) is 0 Å². The normalized spacial score (nSPS) is 18.7. The third-order valence-electron chi connectivity index (χ3n) is 6.28. The number of methoxy groups -OCH3 is 1. The van der Waals surface area contributed by atoms with E-state index in [-0.39, 0.29) is 37.9 Å². The van der Waals surface area contributed by atoms with E-state index in [0.717, 1.165) is 11.1 Å². The van der Waals surface area contributed by atoms with Crippen LogP contribution in [0.2, 0.25) is 0 Å². The molecule has 2 aromatic carbocycles. The summed E-state index contributed by atoms with van der Waals surface area (Å²) in [7, 11) is 1.52. The second kappa shape index (κ2) is 8.91. The zero-order valence-corrected chi connectivity index (χ0v) is 19.7. The molecule has 0 radical (unpaired) electrons. The number of ether oxygens (including phenoxy) is 2.